The van der Waals surface area contributed by atoms with Gasteiger partial charge in [-0.25, -0.2) is 12.8 Å². The second-order valence-corrected chi connectivity index (χ2v) is 7.80. The first-order valence-corrected chi connectivity index (χ1v) is 8.42. The third kappa shape index (κ3) is 3.42. The smallest absolute Gasteiger partial charge is 0.243 e. The Labute approximate surface area is 125 Å². The molecule has 2 N–H and O–H groups in total. The van der Waals surface area contributed by atoms with Crippen LogP contribution in [0.4, 0.5) is 4.39 Å². The highest BCUT2D eigenvalue weighted by Gasteiger charge is 2.33. The van der Waals surface area contributed by atoms with Crippen molar-refractivity contribution < 1.29 is 12.8 Å². The molecule has 0 radical (unpaired) electrons. The van der Waals surface area contributed by atoms with Crippen molar-refractivity contribution in [1.82, 2.24) is 9.21 Å². The Morgan fingerprint density at radius 3 is 2.38 bits per heavy atom. The molecule has 1 heterocycles. The summed E-state index contributed by atoms with van der Waals surface area (Å²) in [4.78, 5) is 2.19. The molecule has 118 valence electrons. The van der Waals surface area contributed by atoms with Gasteiger partial charge in [-0.15, -0.1) is 0 Å². The van der Waals surface area contributed by atoms with Gasteiger partial charge in [0.1, 0.15) is 5.82 Å². The van der Waals surface area contributed by atoms with Gasteiger partial charge in [-0.2, -0.15) is 4.31 Å². The molecular formula is C14H22FN3O2S. The first-order valence-electron chi connectivity index (χ1n) is 6.98. The fourth-order valence-corrected chi connectivity index (χ4v) is 3.89. The molecule has 1 aliphatic heterocycles. The van der Waals surface area contributed by atoms with Crippen LogP contribution in [0.3, 0.4) is 0 Å². The molecule has 0 atom stereocenters. The molecule has 0 saturated carbocycles. The summed E-state index contributed by atoms with van der Waals surface area (Å²) >= 11 is 0. The maximum Gasteiger partial charge on any atom is 0.243 e. The summed E-state index contributed by atoms with van der Waals surface area (Å²) in [5.41, 5.74) is 5.61. The zero-order valence-corrected chi connectivity index (χ0v) is 13.2. The van der Waals surface area contributed by atoms with Crippen molar-refractivity contribution in [1.29, 1.82) is 0 Å². The van der Waals surface area contributed by atoms with Crippen LogP contribution in [-0.2, 0) is 10.0 Å². The number of nitrogens with zero attached hydrogens (tertiary/aromatic N) is 2. The molecule has 5 nitrogen and oxygen atoms in total. The van der Waals surface area contributed by atoms with Crippen LogP contribution in [-0.4, -0.2) is 55.9 Å². The van der Waals surface area contributed by atoms with Crippen LogP contribution in [0, 0.1) is 5.82 Å². The van der Waals surface area contributed by atoms with Crippen molar-refractivity contribution in [3.63, 3.8) is 0 Å². The van der Waals surface area contributed by atoms with Gasteiger partial charge in [0.15, 0.2) is 0 Å². The van der Waals surface area contributed by atoms with Gasteiger partial charge in [0, 0.05) is 38.3 Å². The van der Waals surface area contributed by atoms with Crippen molar-refractivity contribution in [2.45, 2.75) is 24.3 Å². The first kappa shape index (κ1) is 16.4. The normalized spacial score (nSPS) is 18.9. The van der Waals surface area contributed by atoms with E-state index in [9.17, 15) is 12.8 Å². The lowest BCUT2D eigenvalue weighted by atomic mass is 10.0. The number of nitrogens with two attached hydrogens (primary N) is 1. The largest absolute Gasteiger partial charge is 0.329 e. The van der Waals surface area contributed by atoms with E-state index >= 15 is 0 Å². The maximum absolute atomic E-state index is 13.2. The van der Waals surface area contributed by atoms with E-state index in [-0.39, 0.29) is 10.4 Å². The molecule has 1 aliphatic rings. The van der Waals surface area contributed by atoms with E-state index in [2.05, 4.69) is 4.90 Å². The van der Waals surface area contributed by atoms with Crippen LogP contribution in [0.2, 0.25) is 0 Å². The number of rotatable bonds is 4. The monoisotopic (exact) mass is 315 g/mol. The third-order valence-corrected chi connectivity index (χ3v) is 5.92. The van der Waals surface area contributed by atoms with Crippen molar-refractivity contribution in [3.8, 4) is 0 Å². The van der Waals surface area contributed by atoms with E-state index in [1.165, 1.54) is 22.5 Å². The molecule has 0 amide bonds. The summed E-state index contributed by atoms with van der Waals surface area (Å²) in [7, 11) is -3.62. The molecule has 0 bridgehead atoms. The predicted molar refractivity (Wildman–Crippen MR) is 79.9 cm³/mol. The summed E-state index contributed by atoms with van der Waals surface area (Å²) < 4.78 is 39.6. The third-order valence-electron chi connectivity index (χ3n) is 4.03. The Bertz CT molecular complexity index is 596. The van der Waals surface area contributed by atoms with Gasteiger partial charge in [0.25, 0.3) is 0 Å². The van der Waals surface area contributed by atoms with E-state index in [1.54, 1.807) is 0 Å². The van der Waals surface area contributed by atoms with Gasteiger partial charge in [-0.05, 0) is 32.0 Å². The predicted octanol–water partition coefficient (Wildman–Crippen LogP) is 0.869. The molecule has 2 rings (SSSR count). The fourth-order valence-electron chi connectivity index (χ4n) is 2.44. The second-order valence-electron chi connectivity index (χ2n) is 5.87. The number of sulfonamides is 1. The number of piperazine rings is 1. The van der Waals surface area contributed by atoms with Gasteiger partial charge < -0.3 is 5.73 Å². The topological polar surface area (TPSA) is 66.6 Å². The van der Waals surface area contributed by atoms with Crippen LogP contribution in [0.15, 0.2) is 29.2 Å². The number of hydrogen-bond acceptors (Lipinski definition) is 4. The highest BCUT2D eigenvalue weighted by Crippen LogP contribution is 2.21. The van der Waals surface area contributed by atoms with Crippen molar-refractivity contribution in [2.75, 3.05) is 32.7 Å². The van der Waals surface area contributed by atoms with Gasteiger partial charge in [0.05, 0.1) is 4.90 Å². The van der Waals surface area contributed by atoms with Gasteiger partial charge >= 0.3 is 0 Å². The van der Waals surface area contributed by atoms with Crippen LogP contribution in [0.5, 0.6) is 0 Å². The molecule has 1 saturated heterocycles. The minimum Gasteiger partial charge on any atom is -0.329 e. The summed E-state index contributed by atoms with van der Waals surface area (Å²) in [5, 5.41) is 0. The fraction of sp³-hybridized carbons (Fsp3) is 0.571. The maximum atomic E-state index is 13.2. The van der Waals surface area contributed by atoms with E-state index in [0.717, 1.165) is 6.07 Å². The summed E-state index contributed by atoms with van der Waals surface area (Å²) in [6.07, 6.45) is 0. The van der Waals surface area contributed by atoms with Crippen molar-refractivity contribution in [3.05, 3.63) is 30.1 Å². The van der Waals surface area contributed by atoms with Crippen LogP contribution < -0.4 is 5.73 Å². The van der Waals surface area contributed by atoms with Gasteiger partial charge in [-0.3, -0.25) is 4.90 Å². The molecule has 0 aliphatic carbocycles. The molecule has 1 aromatic carbocycles. The number of benzene rings is 1. The van der Waals surface area contributed by atoms with E-state index < -0.39 is 15.8 Å². The van der Waals surface area contributed by atoms with E-state index in [1.807, 2.05) is 13.8 Å². The standard InChI is InChI=1S/C14H22FN3O2S/c1-14(2,11-16)17-6-8-18(9-7-17)21(19,20)13-5-3-4-12(15)10-13/h3-5,10H,6-9,11,16H2,1-2H3. The van der Waals surface area contributed by atoms with Crippen molar-refractivity contribution >= 4 is 10.0 Å². The van der Waals surface area contributed by atoms with Crippen LogP contribution in [0.25, 0.3) is 0 Å². The highest BCUT2D eigenvalue weighted by molar-refractivity contribution is 7.89. The zero-order valence-electron chi connectivity index (χ0n) is 12.4. The molecule has 1 fully saturated rings. The highest BCUT2D eigenvalue weighted by atomic mass is 32.2. The zero-order chi connectivity index (χ0) is 15.7. The Kier molecular flexibility index (Phi) is 4.67. The quantitative estimate of drug-likeness (QED) is 0.895. The molecule has 0 spiro atoms. The SMILES string of the molecule is CC(C)(CN)N1CCN(S(=O)(=O)c2cccc(F)c2)CC1. The summed E-state index contributed by atoms with van der Waals surface area (Å²) in [6.45, 7) is 6.64. The molecular weight excluding hydrogens is 293 g/mol. The number of hydrogen-bond donors (Lipinski definition) is 1. The van der Waals surface area contributed by atoms with Crippen LogP contribution >= 0.6 is 0 Å². The Hall–Kier alpha value is -1.02. The van der Waals surface area contributed by atoms with E-state index in [0.29, 0.717) is 32.7 Å². The molecule has 0 aromatic heterocycles. The Balaban J connectivity index is 2.11. The summed E-state index contributed by atoms with van der Waals surface area (Å²) in [5.74, 6) is -0.543. The molecule has 0 unspecified atom stereocenters. The Morgan fingerprint density at radius 2 is 1.86 bits per heavy atom. The molecule has 1 aromatic rings. The minimum absolute atomic E-state index is 0.00837. The van der Waals surface area contributed by atoms with Crippen molar-refractivity contribution in [2.24, 2.45) is 5.73 Å². The summed E-state index contributed by atoms with van der Waals surface area (Å²) in [6, 6.07) is 5.14. The second kappa shape index (κ2) is 6.00. The Morgan fingerprint density at radius 1 is 1.24 bits per heavy atom. The van der Waals surface area contributed by atoms with E-state index in [4.69, 9.17) is 5.73 Å². The average Bonchev–Trinajstić information content (AvgIpc) is 2.47. The van der Waals surface area contributed by atoms with Gasteiger partial charge in [0.2, 0.25) is 10.0 Å². The first-order chi connectivity index (χ1) is 9.77. The lowest BCUT2D eigenvalue weighted by molar-refractivity contribution is 0.0850. The van der Waals surface area contributed by atoms with Gasteiger partial charge in [-0.1, -0.05) is 6.07 Å². The average molecular weight is 315 g/mol. The molecule has 7 heteroatoms. The lowest BCUT2D eigenvalue weighted by Gasteiger charge is -2.43. The van der Waals surface area contributed by atoms with Crippen LogP contribution in [0.1, 0.15) is 13.8 Å². The number of halogens is 1. The molecule has 21 heavy (non-hydrogen) atoms. The lowest BCUT2D eigenvalue weighted by Crippen LogP contribution is -2.58. The minimum atomic E-state index is -3.62.